The molecule has 19 heavy (non-hydrogen) atoms. The second kappa shape index (κ2) is 4.27. The number of hydrogen-bond acceptors (Lipinski definition) is 4. The molecular weight excluding hydrogens is 252 g/mol. The molecule has 3 rings (SSSR count). The Morgan fingerprint density at radius 2 is 2.00 bits per heavy atom. The minimum atomic E-state index is -0.915. The number of halogens is 2. The third kappa shape index (κ3) is 1.99. The van der Waals surface area contributed by atoms with Crippen molar-refractivity contribution in [3.8, 4) is 0 Å². The maximum absolute atomic E-state index is 13.1. The van der Waals surface area contributed by atoms with E-state index in [2.05, 4.69) is 20.4 Å². The van der Waals surface area contributed by atoms with Gasteiger partial charge in [-0.15, -0.1) is 0 Å². The van der Waals surface area contributed by atoms with E-state index in [4.69, 9.17) is 0 Å². The Kier molecular flexibility index (Phi) is 2.59. The Hall–Kier alpha value is -2.57. The van der Waals surface area contributed by atoms with E-state index in [0.717, 1.165) is 12.1 Å². The van der Waals surface area contributed by atoms with E-state index in [1.54, 1.807) is 17.9 Å². The normalized spacial score (nSPS) is 10.9. The van der Waals surface area contributed by atoms with Crippen LogP contribution in [0.4, 0.5) is 20.3 Å². The lowest BCUT2D eigenvalue weighted by Crippen LogP contribution is -1.98. The molecule has 96 valence electrons. The largest absolute Gasteiger partial charge is 0.339 e. The Labute approximate surface area is 106 Å². The lowest BCUT2D eigenvalue weighted by atomic mass is 10.3. The van der Waals surface area contributed by atoms with Crippen molar-refractivity contribution in [3.05, 3.63) is 42.4 Å². The molecule has 1 N–H and O–H groups in total. The van der Waals surface area contributed by atoms with E-state index in [9.17, 15) is 8.78 Å². The van der Waals surface area contributed by atoms with Gasteiger partial charge in [0.15, 0.2) is 17.3 Å². The molecule has 3 aromatic rings. The molecule has 0 aliphatic carbocycles. The second-order valence-corrected chi connectivity index (χ2v) is 3.98. The predicted molar refractivity (Wildman–Crippen MR) is 65.9 cm³/mol. The van der Waals surface area contributed by atoms with Gasteiger partial charge in [-0.2, -0.15) is 5.10 Å². The number of anilines is 2. The predicted octanol–water partition coefficient (Wildman–Crippen LogP) is 2.39. The fourth-order valence-corrected chi connectivity index (χ4v) is 1.77. The summed E-state index contributed by atoms with van der Waals surface area (Å²) in [5, 5.41) is 7.69. The zero-order valence-corrected chi connectivity index (χ0v) is 9.93. The molecular formula is C12H9F2N5. The summed E-state index contributed by atoms with van der Waals surface area (Å²) in [6.45, 7) is 0. The van der Waals surface area contributed by atoms with Gasteiger partial charge >= 0.3 is 0 Å². The van der Waals surface area contributed by atoms with E-state index in [-0.39, 0.29) is 0 Å². The van der Waals surface area contributed by atoms with Crippen LogP contribution in [0.5, 0.6) is 0 Å². The lowest BCUT2D eigenvalue weighted by molar-refractivity contribution is 0.509. The number of rotatable bonds is 2. The van der Waals surface area contributed by atoms with Gasteiger partial charge < -0.3 is 5.32 Å². The Morgan fingerprint density at radius 1 is 1.16 bits per heavy atom. The van der Waals surface area contributed by atoms with Crippen molar-refractivity contribution < 1.29 is 8.78 Å². The van der Waals surface area contributed by atoms with Crippen molar-refractivity contribution >= 4 is 22.5 Å². The Morgan fingerprint density at radius 3 is 2.79 bits per heavy atom. The summed E-state index contributed by atoms with van der Waals surface area (Å²) < 4.78 is 27.6. The summed E-state index contributed by atoms with van der Waals surface area (Å²) in [7, 11) is 1.76. The number of nitrogens with zero attached hydrogens (tertiary/aromatic N) is 4. The molecule has 0 radical (unpaired) electrons. The minimum absolute atomic E-state index is 0.405. The highest BCUT2D eigenvalue weighted by molar-refractivity contribution is 5.88. The number of aromatic nitrogens is 4. The number of aryl methyl sites for hydroxylation is 1. The van der Waals surface area contributed by atoms with Gasteiger partial charge in [-0.25, -0.2) is 18.7 Å². The van der Waals surface area contributed by atoms with Gasteiger partial charge in [-0.05, 0) is 12.1 Å². The van der Waals surface area contributed by atoms with Crippen LogP contribution in [0.1, 0.15) is 0 Å². The molecule has 2 heterocycles. The van der Waals surface area contributed by atoms with Crippen molar-refractivity contribution in [2.45, 2.75) is 0 Å². The van der Waals surface area contributed by atoms with Crippen LogP contribution in [0.2, 0.25) is 0 Å². The molecule has 0 aliphatic heterocycles. The Balaban J connectivity index is 2.03. The van der Waals surface area contributed by atoms with E-state index < -0.39 is 11.6 Å². The van der Waals surface area contributed by atoms with Crippen LogP contribution >= 0.6 is 0 Å². The van der Waals surface area contributed by atoms with Crippen molar-refractivity contribution in [3.63, 3.8) is 0 Å². The zero-order valence-electron chi connectivity index (χ0n) is 9.93. The summed E-state index contributed by atoms with van der Waals surface area (Å²) in [4.78, 5) is 8.17. The van der Waals surface area contributed by atoms with Crippen LogP contribution in [-0.2, 0) is 7.05 Å². The minimum Gasteiger partial charge on any atom is -0.339 e. The Bertz CT molecular complexity index is 753. The molecule has 0 unspecified atom stereocenters. The third-order valence-corrected chi connectivity index (χ3v) is 2.71. The molecule has 0 saturated carbocycles. The van der Waals surface area contributed by atoms with Crippen LogP contribution < -0.4 is 5.32 Å². The molecule has 2 aromatic heterocycles. The molecule has 0 amide bonds. The van der Waals surface area contributed by atoms with Crippen molar-refractivity contribution in [1.82, 2.24) is 19.7 Å². The molecule has 0 spiro atoms. The number of benzene rings is 1. The fraction of sp³-hybridized carbons (Fsp3) is 0.0833. The van der Waals surface area contributed by atoms with E-state index in [0.29, 0.717) is 22.5 Å². The monoisotopic (exact) mass is 261 g/mol. The van der Waals surface area contributed by atoms with Crippen LogP contribution in [0.25, 0.3) is 11.0 Å². The van der Waals surface area contributed by atoms with Crippen LogP contribution in [-0.4, -0.2) is 19.7 Å². The van der Waals surface area contributed by atoms with Crippen molar-refractivity contribution in [2.75, 3.05) is 5.32 Å². The van der Waals surface area contributed by atoms with E-state index in [1.807, 2.05) is 0 Å². The quantitative estimate of drug-likeness (QED) is 0.769. The maximum atomic E-state index is 13.1. The van der Waals surface area contributed by atoms with Gasteiger partial charge in [0.2, 0.25) is 0 Å². The van der Waals surface area contributed by atoms with Gasteiger partial charge in [-0.3, -0.25) is 4.68 Å². The summed E-state index contributed by atoms with van der Waals surface area (Å²) >= 11 is 0. The molecule has 0 saturated heterocycles. The number of hydrogen-bond donors (Lipinski definition) is 1. The third-order valence-electron chi connectivity index (χ3n) is 2.71. The topological polar surface area (TPSA) is 55.6 Å². The van der Waals surface area contributed by atoms with Gasteiger partial charge in [0.1, 0.15) is 12.1 Å². The summed E-state index contributed by atoms with van der Waals surface area (Å²) in [6.07, 6.45) is 2.99. The first-order valence-electron chi connectivity index (χ1n) is 5.50. The maximum Gasteiger partial charge on any atom is 0.163 e. The molecule has 0 atom stereocenters. The van der Waals surface area contributed by atoms with Gasteiger partial charge in [0, 0.05) is 18.8 Å². The number of nitrogens with one attached hydrogen (secondary N) is 1. The average Bonchev–Trinajstić information content (AvgIpc) is 2.77. The van der Waals surface area contributed by atoms with Gasteiger partial charge in [0.05, 0.1) is 11.6 Å². The lowest BCUT2D eigenvalue weighted by Gasteiger charge is -2.06. The van der Waals surface area contributed by atoms with Crippen LogP contribution in [0.3, 0.4) is 0 Å². The SMILES string of the molecule is Cn1ncc2c(Nc3ccc(F)c(F)c3)ncnc21. The molecule has 1 aromatic carbocycles. The molecule has 5 nitrogen and oxygen atoms in total. The highest BCUT2D eigenvalue weighted by Gasteiger charge is 2.09. The summed E-state index contributed by atoms with van der Waals surface area (Å²) in [5.41, 5.74) is 1.06. The van der Waals surface area contributed by atoms with E-state index >= 15 is 0 Å². The second-order valence-electron chi connectivity index (χ2n) is 3.98. The molecule has 0 bridgehead atoms. The standard InChI is InChI=1S/C12H9F2N5/c1-19-12-8(5-17-19)11(15-6-16-12)18-7-2-3-9(13)10(14)4-7/h2-6H,1H3,(H,15,16,18). The zero-order chi connectivity index (χ0) is 13.4. The molecule has 0 fully saturated rings. The summed E-state index contributed by atoms with van der Waals surface area (Å²) in [5.74, 6) is -1.31. The number of fused-ring (bicyclic) bond motifs is 1. The average molecular weight is 261 g/mol. The van der Waals surface area contributed by atoms with Crippen molar-refractivity contribution in [1.29, 1.82) is 0 Å². The highest BCUT2D eigenvalue weighted by Crippen LogP contribution is 2.23. The summed E-state index contributed by atoms with van der Waals surface area (Å²) in [6, 6.07) is 3.56. The smallest absolute Gasteiger partial charge is 0.163 e. The van der Waals surface area contributed by atoms with Crippen LogP contribution in [0.15, 0.2) is 30.7 Å². The van der Waals surface area contributed by atoms with Gasteiger partial charge in [-0.1, -0.05) is 0 Å². The van der Waals surface area contributed by atoms with Gasteiger partial charge in [0.25, 0.3) is 0 Å². The first-order valence-corrected chi connectivity index (χ1v) is 5.50. The van der Waals surface area contributed by atoms with E-state index in [1.165, 1.54) is 12.4 Å². The highest BCUT2D eigenvalue weighted by atomic mass is 19.2. The molecule has 0 aliphatic rings. The first-order chi connectivity index (χ1) is 9.15. The van der Waals surface area contributed by atoms with Crippen LogP contribution in [0, 0.1) is 11.6 Å². The first kappa shape index (κ1) is 11.5. The fourth-order valence-electron chi connectivity index (χ4n) is 1.77. The molecule has 7 heteroatoms. The van der Waals surface area contributed by atoms with Crippen molar-refractivity contribution in [2.24, 2.45) is 7.05 Å².